The SMILES string of the molecule is CCc1ccc(C(C)Oc2ncc(-c3cc(Br)c(O)c(Br)c3)nn2)c(Cl)c1. The first-order chi connectivity index (χ1) is 12.9. The highest BCUT2D eigenvalue weighted by Crippen LogP contribution is 2.36. The molecule has 5 nitrogen and oxygen atoms in total. The van der Waals surface area contributed by atoms with Crippen molar-refractivity contribution >= 4 is 43.5 Å². The molecule has 2 aromatic carbocycles. The van der Waals surface area contributed by atoms with E-state index in [1.807, 2.05) is 25.1 Å². The second-order valence-electron chi connectivity index (χ2n) is 5.88. The zero-order chi connectivity index (χ0) is 19.6. The van der Waals surface area contributed by atoms with Crippen LogP contribution >= 0.6 is 43.5 Å². The van der Waals surface area contributed by atoms with Crippen molar-refractivity contribution in [3.05, 3.63) is 61.6 Å². The lowest BCUT2D eigenvalue weighted by molar-refractivity contribution is 0.204. The number of nitrogens with zero attached hydrogens (tertiary/aromatic N) is 3. The maximum Gasteiger partial charge on any atom is 0.336 e. The average molecular weight is 514 g/mol. The Labute approximate surface area is 179 Å². The maximum atomic E-state index is 9.81. The number of ether oxygens (including phenoxy) is 1. The van der Waals surface area contributed by atoms with E-state index < -0.39 is 0 Å². The highest BCUT2D eigenvalue weighted by atomic mass is 79.9. The summed E-state index contributed by atoms with van der Waals surface area (Å²) in [5, 5.41) is 18.7. The van der Waals surface area contributed by atoms with Crippen LogP contribution in [0, 0.1) is 0 Å². The van der Waals surface area contributed by atoms with Crippen LogP contribution in [0.5, 0.6) is 11.8 Å². The molecule has 0 radical (unpaired) electrons. The largest absolute Gasteiger partial charge is 0.506 e. The molecular formula is C19H16Br2ClN3O2. The molecule has 8 heteroatoms. The molecule has 1 aromatic heterocycles. The number of rotatable bonds is 5. The van der Waals surface area contributed by atoms with Gasteiger partial charge in [-0.1, -0.05) is 35.8 Å². The van der Waals surface area contributed by atoms with Crippen LogP contribution in [-0.4, -0.2) is 20.3 Å². The second kappa shape index (κ2) is 8.54. The van der Waals surface area contributed by atoms with Crippen LogP contribution < -0.4 is 4.74 Å². The van der Waals surface area contributed by atoms with Gasteiger partial charge in [0.2, 0.25) is 0 Å². The van der Waals surface area contributed by atoms with Gasteiger partial charge in [-0.2, -0.15) is 0 Å². The van der Waals surface area contributed by atoms with Crippen LogP contribution in [0.1, 0.15) is 31.1 Å². The smallest absolute Gasteiger partial charge is 0.336 e. The standard InChI is InChI=1S/C19H16Br2ClN3O2/c1-3-11-4-5-13(16(22)6-11)10(2)27-19-23-9-17(24-25-19)12-7-14(20)18(26)15(21)8-12/h4-10,26H,3H2,1-2H3. The molecule has 1 atom stereocenters. The van der Waals surface area contributed by atoms with E-state index in [0.29, 0.717) is 19.7 Å². The third-order valence-corrected chi connectivity index (χ3v) is 5.58. The van der Waals surface area contributed by atoms with E-state index in [2.05, 4.69) is 54.0 Å². The van der Waals surface area contributed by atoms with Gasteiger partial charge in [0, 0.05) is 16.1 Å². The highest BCUT2D eigenvalue weighted by molar-refractivity contribution is 9.11. The number of aromatic nitrogens is 3. The Morgan fingerprint density at radius 1 is 1.15 bits per heavy atom. The number of aromatic hydroxyl groups is 1. The first-order valence-corrected chi connectivity index (χ1v) is 10.2. The van der Waals surface area contributed by atoms with Crippen LogP contribution in [0.3, 0.4) is 0 Å². The van der Waals surface area contributed by atoms with Crippen molar-refractivity contribution < 1.29 is 9.84 Å². The highest BCUT2D eigenvalue weighted by Gasteiger charge is 2.15. The lowest BCUT2D eigenvalue weighted by atomic mass is 10.1. The van der Waals surface area contributed by atoms with Gasteiger partial charge in [-0.3, -0.25) is 0 Å². The van der Waals surface area contributed by atoms with Gasteiger partial charge in [-0.05, 0) is 69.0 Å². The molecule has 0 fully saturated rings. The molecule has 0 aliphatic rings. The summed E-state index contributed by atoms with van der Waals surface area (Å²) in [5.74, 6) is 0.124. The molecule has 27 heavy (non-hydrogen) atoms. The normalized spacial score (nSPS) is 12.0. The zero-order valence-electron chi connectivity index (χ0n) is 14.6. The predicted octanol–water partition coefficient (Wildman–Crippen LogP) is 6.13. The summed E-state index contributed by atoms with van der Waals surface area (Å²) in [5.41, 5.74) is 3.35. The molecule has 1 heterocycles. The topological polar surface area (TPSA) is 68.1 Å². The Bertz CT molecular complexity index is 945. The van der Waals surface area contributed by atoms with Crippen molar-refractivity contribution in [2.45, 2.75) is 26.4 Å². The first-order valence-electron chi connectivity index (χ1n) is 8.22. The molecule has 3 aromatic rings. The quantitative estimate of drug-likeness (QED) is 0.445. The van der Waals surface area contributed by atoms with Gasteiger partial charge in [0.05, 0.1) is 15.1 Å². The third-order valence-electron chi connectivity index (χ3n) is 4.05. The fraction of sp³-hybridized carbons (Fsp3) is 0.211. The number of phenolic OH excluding ortho intramolecular Hbond substituents is 1. The third kappa shape index (κ3) is 4.59. The summed E-state index contributed by atoms with van der Waals surface area (Å²) in [6.45, 7) is 3.97. The molecular weight excluding hydrogens is 497 g/mol. The molecule has 0 spiro atoms. The van der Waals surface area contributed by atoms with Gasteiger partial charge in [0.1, 0.15) is 17.5 Å². The minimum Gasteiger partial charge on any atom is -0.506 e. The van der Waals surface area contributed by atoms with E-state index in [1.54, 1.807) is 18.3 Å². The summed E-state index contributed by atoms with van der Waals surface area (Å²) in [4.78, 5) is 4.23. The minimum atomic E-state index is -0.312. The number of hydrogen-bond donors (Lipinski definition) is 1. The Kier molecular flexibility index (Phi) is 6.34. The fourth-order valence-electron chi connectivity index (χ4n) is 2.51. The Morgan fingerprint density at radius 3 is 2.41 bits per heavy atom. The molecule has 1 N–H and O–H groups in total. The van der Waals surface area contributed by atoms with Gasteiger partial charge in [-0.15, -0.1) is 5.10 Å². The molecule has 0 saturated heterocycles. The Morgan fingerprint density at radius 2 is 1.85 bits per heavy atom. The van der Waals surface area contributed by atoms with Gasteiger partial charge in [0.25, 0.3) is 0 Å². The van der Waals surface area contributed by atoms with Crippen LogP contribution in [0.25, 0.3) is 11.3 Å². The molecule has 0 saturated carbocycles. The van der Waals surface area contributed by atoms with Crippen LogP contribution in [0.2, 0.25) is 5.02 Å². The van der Waals surface area contributed by atoms with E-state index in [4.69, 9.17) is 16.3 Å². The van der Waals surface area contributed by atoms with Crippen molar-refractivity contribution in [2.24, 2.45) is 0 Å². The molecule has 3 rings (SSSR count). The summed E-state index contributed by atoms with van der Waals surface area (Å²) in [7, 11) is 0. The maximum absolute atomic E-state index is 9.81. The van der Waals surface area contributed by atoms with Crippen LogP contribution in [0.4, 0.5) is 0 Å². The van der Waals surface area contributed by atoms with Crippen molar-refractivity contribution in [3.63, 3.8) is 0 Å². The van der Waals surface area contributed by atoms with E-state index in [9.17, 15) is 5.11 Å². The number of phenols is 1. The molecule has 0 bridgehead atoms. The van der Waals surface area contributed by atoms with Gasteiger partial charge >= 0.3 is 6.01 Å². The molecule has 0 amide bonds. The summed E-state index contributed by atoms with van der Waals surface area (Å²) in [6.07, 6.45) is 2.18. The number of aryl methyl sites for hydroxylation is 1. The zero-order valence-corrected chi connectivity index (χ0v) is 18.5. The first kappa shape index (κ1) is 20.0. The van der Waals surface area contributed by atoms with Crippen molar-refractivity contribution in [1.82, 2.24) is 15.2 Å². The summed E-state index contributed by atoms with van der Waals surface area (Å²) < 4.78 is 6.88. The summed E-state index contributed by atoms with van der Waals surface area (Å²) >= 11 is 12.9. The Balaban J connectivity index is 1.78. The number of benzene rings is 2. The van der Waals surface area contributed by atoms with Crippen molar-refractivity contribution in [1.29, 1.82) is 0 Å². The van der Waals surface area contributed by atoms with Gasteiger partial charge in [0.15, 0.2) is 0 Å². The molecule has 140 valence electrons. The fourth-order valence-corrected chi connectivity index (χ4v) is 4.05. The predicted molar refractivity (Wildman–Crippen MR) is 112 cm³/mol. The molecule has 0 aliphatic heterocycles. The van der Waals surface area contributed by atoms with Gasteiger partial charge < -0.3 is 9.84 Å². The number of hydrogen-bond acceptors (Lipinski definition) is 5. The van der Waals surface area contributed by atoms with E-state index >= 15 is 0 Å². The van der Waals surface area contributed by atoms with E-state index in [-0.39, 0.29) is 17.9 Å². The van der Waals surface area contributed by atoms with Crippen LogP contribution in [-0.2, 0) is 6.42 Å². The monoisotopic (exact) mass is 511 g/mol. The molecule has 0 aliphatic carbocycles. The van der Waals surface area contributed by atoms with E-state index in [0.717, 1.165) is 17.5 Å². The second-order valence-corrected chi connectivity index (χ2v) is 8.00. The van der Waals surface area contributed by atoms with Crippen molar-refractivity contribution in [2.75, 3.05) is 0 Å². The lowest BCUT2D eigenvalue weighted by Gasteiger charge is -2.15. The Hall–Kier alpha value is -1.70. The van der Waals surface area contributed by atoms with Gasteiger partial charge in [-0.25, -0.2) is 4.98 Å². The minimum absolute atomic E-state index is 0.124. The van der Waals surface area contributed by atoms with Crippen molar-refractivity contribution in [3.8, 4) is 23.0 Å². The number of halogens is 3. The lowest BCUT2D eigenvalue weighted by Crippen LogP contribution is -2.07. The van der Waals surface area contributed by atoms with E-state index in [1.165, 1.54) is 5.56 Å². The summed E-state index contributed by atoms with van der Waals surface area (Å²) in [6, 6.07) is 9.58. The average Bonchev–Trinajstić information content (AvgIpc) is 2.66. The molecule has 1 unspecified atom stereocenters. The van der Waals surface area contributed by atoms with Crippen LogP contribution in [0.15, 0.2) is 45.5 Å².